The number of rotatable bonds is 3. The summed E-state index contributed by atoms with van der Waals surface area (Å²) in [5, 5.41) is 7.54. The van der Waals surface area contributed by atoms with Gasteiger partial charge < -0.3 is 9.88 Å². The molecule has 2 aromatic heterocycles. The van der Waals surface area contributed by atoms with Crippen molar-refractivity contribution >= 4 is 0 Å². The monoisotopic (exact) mass is 218 g/mol. The van der Waals surface area contributed by atoms with Crippen LogP contribution >= 0.6 is 0 Å². The number of nitrogens with one attached hydrogen (secondary N) is 1. The van der Waals surface area contributed by atoms with E-state index in [-0.39, 0.29) is 0 Å². The molecule has 1 fully saturated rings. The van der Waals surface area contributed by atoms with Gasteiger partial charge in [0.15, 0.2) is 5.82 Å². The first kappa shape index (κ1) is 9.53. The maximum Gasteiger partial charge on any atom is 0.170 e. The summed E-state index contributed by atoms with van der Waals surface area (Å²) < 4.78 is 3.84. The molecule has 6 nitrogen and oxygen atoms in total. The quantitative estimate of drug-likeness (QED) is 0.771. The second kappa shape index (κ2) is 3.71. The van der Waals surface area contributed by atoms with Gasteiger partial charge in [-0.15, -0.1) is 0 Å². The third-order valence-corrected chi connectivity index (χ3v) is 2.90. The molecular weight excluding hydrogens is 204 g/mol. The van der Waals surface area contributed by atoms with Gasteiger partial charge in [0.05, 0.1) is 12.9 Å². The van der Waals surface area contributed by atoms with E-state index in [4.69, 9.17) is 0 Å². The Morgan fingerprint density at radius 2 is 2.31 bits per heavy atom. The lowest BCUT2D eigenvalue weighted by Crippen LogP contribution is -2.40. The van der Waals surface area contributed by atoms with E-state index in [2.05, 4.69) is 25.0 Å². The number of aromatic nitrogens is 5. The number of hydrogen-bond donors (Lipinski definition) is 1. The molecule has 0 unspecified atom stereocenters. The van der Waals surface area contributed by atoms with Crippen LogP contribution in [0.25, 0.3) is 0 Å². The fourth-order valence-electron chi connectivity index (χ4n) is 1.91. The average Bonchev–Trinajstić information content (AvgIpc) is 2.75. The third-order valence-electron chi connectivity index (χ3n) is 2.90. The summed E-state index contributed by atoms with van der Waals surface area (Å²) in [7, 11) is 1.88. The van der Waals surface area contributed by atoms with E-state index in [1.165, 1.54) is 5.69 Å². The Morgan fingerprint density at radius 3 is 2.94 bits per heavy atom. The molecule has 1 N–H and O–H groups in total. The summed E-state index contributed by atoms with van der Waals surface area (Å²) in [6.45, 7) is 2.79. The fourth-order valence-corrected chi connectivity index (χ4v) is 1.91. The molecule has 1 aliphatic heterocycles. The SMILES string of the molecule is Cn1cnc(Cn2cncc2C2CNC2)n1. The molecule has 2 aromatic rings. The van der Waals surface area contributed by atoms with Gasteiger partial charge in [-0.25, -0.2) is 9.97 Å². The number of aryl methyl sites for hydroxylation is 1. The van der Waals surface area contributed by atoms with Gasteiger partial charge in [0, 0.05) is 37.9 Å². The highest BCUT2D eigenvalue weighted by Crippen LogP contribution is 2.19. The molecule has 0 aromatic carbocycles. The van der Waals surface area contributed by atoms with E-state index in [1.54, 1.807) is 11.0 Å². The zero-order valence-corrected chi connectivity index (χ0v) is 9.17. The van der Waals surface area contributed by atoms with Crippen LogP contribution in [0.1, 0.15) is 17.4 Å². The lowest BCUT2D eigenvalue weighted by atomic mass is 10.00. The van der Waals surface area contributed by atoms with Gasteiger partial charge in [-0.05, 0) is 0 Å². The molecule has 3 rings (SSSR count). The van der Waals surface area contributed by atoms with Crippen molar-refractivity contribution in [1.29, 1.82) is 0 Å². The molecule has 16 heavy (non-hydrogen) atoms. The molecule has 0 atom stereocenters. The molecule has 0 aliphatic carbocycles. The van der Waals surface area contributed by atoms with Gasteiger partial charge in [-0.1, -0.05) is 0 Å². The van der Waals surface area contributed by atoms with Crippen molar-refractivity contribution in [2.75, 3.05) is 13.1 Å². The van der Waals surface area contributed by atoms with Crippen molar-refractivity contribution in [2.45, 2.75) is 12.5 Å². The zero-order valence-electron chi connectivity index (χ0n) is 9.17. The number of imidazole rings is 1. The summed E-state index contributed by atoms with van der Waals surface area (Å²) in [4.78, 5) is 8.42. The van der Waals surface area contributed by atoms with Crippen LogP contribution in [-0.2, 0) is 13.6 Å². The first-order chi connectivity index (χ1) is 7.83. The topological polar surface area (TPSA) is 60.6 Å². The van der Waals surface area contributed by atoms with E-state index < -0.39 is 0 Å². The summed E-state index contributed by atoms with van der Waals surface area (Å²) >= 11 is 0. The maximum absolute atomic E-state index is 4.27. The molecule has 0 amide bonds. The Bertz CT molecular complexity index is 481. The van der Waals surface area contributed by atoms with Gasteiger partial charge in [-0.3, -0.25) is 4.68 Å². The molecule has 0 spiro atoms. The van der Waals surface area contributed by atoms with Crippen LogP contribution in [0.5, 0.6) is 0 Å². The molecular formula is C10H14N6. The second-order valence-corrected chi connectivity index (χ2v) is 4.14. The van der Waals surface area contributed by atoms with Gasteiger partial charge in [0.25, 0.3) is 0 Å². The molecule has 84 valence electrons. The first-order valence-electron chi connectivity index (χ1n) is 5.38. The Hall–Kier alpha value is -1.69. The fraction of sp³-hybridized carbons (Fsp3) is 0.500. The largest absolute Gasteiger partial charge is 0.327 e. The van der Waals surface area contributed by atoms with Crippen molar-refractivity contribution in [3.63, 3.8) is 0 Å². The Balaban J connectivity index is 1.81. The van der Waals surface area contributed by atoms with Crippen LogP contribution in [0.3, 0.4) is 0 Å². The molecule has 6 heteroatoms. The Labute approximate surface area is 93.3 Å². The van der Waals surface area contributed by atoms with E-state index in [0.29, 0.717) is 12.5 Å². The highest BCUT2D eigenvalue weighted by Gasteiger charge is 2.22. The molecule has 1 saturated heterocycles. The van der Waals surface area contributed by atoms with Crippen LogP contribution < -0.4 is 5.32 Å². The summed E-state index contributed by atoms with van der Waals surface area (Å²) in [6, 6.07) is 0. The van der Waals surface area contributed by atoms with E-state index >= 15 is 0 Å². The van der Waals surface area contributed by atoms with E-state index in [0.717, 1.165) is 18.9 Å². The van der Waals surface area contributed by atoms with Crippen LogP contribution in [0.4, 0.5) is 0 Å². The van der Waals surface area contributed by atoms with Crippen molar-refractivity contribution in [2.24, 2.45) is 7.05 Å². The lowest BCUT2D eigenvalue weighted by Gasteiger charge is -2.27. The van der Waals surface area contributed by atoms with Crippen LogP contribution in [0.15, 0.2) is 18.9 Å². The van der Waals surface area contributed by atoms with Gasteiger partial charge in [-0.2, -0.15) is 5.10 Å². The summed E-state index contributed by atoms with van der Waals surface area (Å²) in [6.07, 6.45) is 5.51. The minimum atomic E-state index is 0.589. The molecule has 0 bridgehead atoms. The minimum absolute atomic E-state index is 0.589. The average molecular weight is 218 g/mol. The van der Waals surface area contributed by atoms with Gasteiger partial charge in [0.1, 0.15) is 6.33 Å². The molecule has 0 saturated carbocycles. The van der Waals surface area contributed by atoms with Crippen LogP contribution in [0, 0.1) is 0 Å². The normalized spacial score (nSPS) is 16.3. The van der Waals surface area contributed by atoms with E-state index in [9.17, 15) is 0 Å². The smallest absolute Gasteiger partial charge is 0.170 e. The minimum Gasteiger partial charge on any atom is -0.327 e. The standard InChI is InChI=1S/C10H14N6/c1-15-7-13-10(14-15)5-16-6-12-4-9(16)8-2-11-3-8/h4,6-8,11H,2-3,5H2,1H3. The van der Waals surface area contributed by atoms with Gasteiger partial charge in [0.2, 0.25) is 0 Å². The molecule has 3 heterocycles. The first-order valence-corrected chi connectivity index (χ1v) is 5.38. The predicted molar refractivity (Wildman–Crippen MR) is 57.9 cm³/mol. The van der Waals surface area contributed by atoms with Crippen molar-refractivity contribution in [1.82, 2.24) is 29.6 Å². The van der Waals surface area contributed by atoms with E-state index in [1.807, 2.05) is 19.6 Å². The second-order valence-electron chi connectivity index (χ2n) is 4.14. The Morgan fingerprint density at radius 1 is 1.44 bits per heavy atom. The summed E-state index contributed by atoms with van der Waals surface area (Å²) in [5.41, 5.74) is 1.27. The molecule has 0 radical (unpaired) electrons. The highest BCUT2D eigenvalue weighted by molar-refractivity contribution is 5.12. The van der Waals surface area contributed by atoms with Crippen LogP contribution in [-0.4, -0.2) is 37.4 Å². The number of hydrogen-bond acceptors (Lipinski definition) is 4. The zero-order chi connectivity index (χ0) is 11.0. The van der Waals surface area contributed by atoms with Crippen molar-refractivity contribution in [3.8, 4) is 0 Å². The van der Waals surface area contributed by atoms with Crippen molar-refractivity contribution in [3.05, 3.63) is 30.4 Å². The van der Waals surface area contributed by atoms with Crippen LogP contribution in [0.2, 0.25) is 0 Å². The predicted octanol–water partition coefficient (Wildman–Crippen LogP) is -0.253. The lowest BCUT2D eigenvalue weighted by molar-refractivity contribution is 0.426. The number of nitrogens with zero attached hydrogens (tertiary/aromatic N) is 5. The highest BCUT2D eigenvalue weighted by atomic mass is 15.3. The molecule has 1 aliphatic rings. The summed E-state index contributed by atoms with van der Waals surface area (Å²) in [5.74, 6) is 1.42. The maximum atomic E-state index is 4.27. The van der Waals surface area contributed by atoms with Crippen molar-refractivity contribution < 1.29 is 0 Å². The third kappa shape index (κ3) is 1.61. The Kier molecular flexibility index (Phi) is 2.21. The van der Waals surface area contributed by atoms with Gasteiger partial charge >= 0.3 is 0 Å².